The number of hydrogen-bond donors (Lipinski definition) is 3. The lowest BCUT2D eigenvalue weighted by molar-refractivity contribution is -0.137. The largest absolute Gasteiger partial charge is 0.481 e. The first-order chi connectivity index (χ1) is 10.6. The van der Waals surface area contributed by atoms with Crippen LogP contribution in [0.1, 0.15) is 19.3 Å². The van der Waals surface area contributed by atoms with Crippen LogP contribution in [0.5, 0.6) is 0 Å². The normalized spacial score (nSPS) is 10.0. The number of carboxylic acids is 1. The molecule has 2 rings (SSSR count). The summed E-state index contributed by atoms with van der Waals surface area (Å²) >= 11 is 0. The van der Waals surface area contributed by atoms with Gasteiger partial charge in [0, 0.05) is 24.6 Å². The zero-order valence-corrected chi connectivity index (χ0v) is 11.8. The van der Waals surface area contributed by atoms with Gasteiger partial charge in [-0.1, -0.05) is 18.2 Å². The molecule has 2 aromatic rings. The Bertz CT molecular complexity index is 646. The first-order valence-electron chi connectivity index (χ1n) is 6.79. The van der Waals surface area contributed by atoms with Gasteiger partial charge in [0.15, 0.2) is 0 Å². The minimum atomic E-state index is -0.913. The van der Waals surface area contributed by atoms with Crippen LogP contribution in [-0.2, 0) is 9.59 Å². The van der Waals surface area contributed by atoms with Crippen molar-refractivity contribution in [3.63, 3.8) is 0 Å². The fourth-order valence-electron chi connectivity index (χ4n) is 1.77. The molecular weight excluding hydrogens is 284 g/mol. The van der Waals surface area contributed by atoms with Crippen molar-refractivity contribution in [1.29, 1.82) is 0 Å². The van der Waals surface area contributed by atoms with Crippen LogP contribution in [0.2, 0.25) is 0 Å². The Morgan fingerprint density at radius 3 is 2.50 bits per heavy atom. The lowest BCUT2D eigenvalue weighted by atomic mass is 10.2. The molecule has 0 bridgehead atoms. The van der Waals surface area contributed by atoms with Gasteiger partial charge in [-0.05, 0) is 18.6 Å². The summed E-state index contributed by atoms with van der Waals surface area (Å²) in [7, 11) is 0. The number of nitrogens with zero attached hydrogens (tertiary/aromatic N) is 2. The number of nitrogens with one attached hydrogen (secondary N) is 2. The lowest BCUT2D eigenvalue weighted by Gasteiger charge is -2.07. The second kappa shape index (κ2) is 7.72. The molecular formula is C15H16N4O3. The maximum atomic E-state index is 11.7. The van der Waals surface area contributed by atoms with Crippen LogP contribution in [0, 0.1) is 0 Å². The molecule has 0 unspecified atom stereocenters. The van der Waals surface area contributed by atoms with E-state index in [0.717, 1.165) is 5.69 Å². The monoisotopic (exact) mass is 300 g/mol. The maximum absolute atomic E-state index is 11.7. The van der Waals surface area contributed by atoms with Gasteiger partial charge in [0.05, 0.1) is 0 Å². The van der Waals surface area contributed by atoms with E-state index in [1.807, 2.05) is 30.3 Å². The molecule has 0 aliphatic carbocycles. The Morgan fingerprint density at radius 2 is 1.77 bits per heavy atom. The highest BCUT2D eigenvalue weighted by Gasteiger charge is 2.06. The zero-order chi connectivity index (χ0) is 15.8. The Balaban J connectivity index is 1.91. The van der Waals surface area contributed by atoms with Gasteiger partial charge >= 0.3 is 5.97 Å². The van der Waals surface area contributed by atoms with E-state index >= 15 is 0 Å². The van der Waals surface area contributed by atoms with Crippen molar-refractivity contribution in [2.75, 3.05) is 10.6 Å². The molecule has 1 aromatic heterocycles. The average Bonchev–Trinajstić information content (AvgIpc) is 2.48. The highest BCUT2D eigenvalue weighted by atomic mass is 16.4. The Hall–Kier alpha value is -2.96. The summed E-state index contributed by atoms with van der Waals surface area (Å²) in [6.45, 7) is 0. The molecule has 114 valence electrons. The molecule has 0 saturated heterocycles. The van der Waals surface area contributed by atoms with E-state index in [9.17, 15) is 9.59 Å². The van der Waals surface area contributed by atoms with Crippen molar-refractivity contribution in [3.05, 3.63) is 42.7 Å². The predicted molar refractivity (Wildman–Crippen MR) is 81.9 cm³/mol. The Kier molecular flexibility index (Phi) is 5.42. The summed E-state index contributed by atoms with van der Waals surface area (Å²) in [6.07, 6.45) is 1.75. The summed E-state index contributed by atoms with van der Waals surface area (Å²) in [4.78, 5) is 30.1. The van der Waals surface area contributed by atoms with Crippen LogP contribution >= 0.6 is 0 Å². The number of hydrogen-bond acceptors (Lipinski definition) is 5. The molecule has 0 saturated carbocycles. The molecule has 0 spiro atoms. The summed E-state index contributed by atoms with van der Waals surface area (Å²) in [5, 5.41) is 14.2. The Morgan fingerprint density at radius 1 is 1.05 bits per heavy atom. The quantitative estimate of drug-likeness (QED) is 0.725. The first-order valence-corrected chi connectivity index (χ1v) is 6.79. The van der Waals surface area contributed by atoms with Gasteiger partial charge in [-0.15, -0.1) is 0 Å². The van der Waals surface area contributed by atoms with Gasteiger partial charge in [-0.3, -0.25) is 9.59 Å². The van der Waals surface area contributed by atoms with E-state index in [0.29, 0.717) is 18.1 Å². The number of carbonyl (C=O) groups excluding carboxylic acids is 1. The topological polar surface area (TPSA) is 104 Å². The van der Waals surface area contributed by atoms with Crippen molar-refractivity contribution < 1.29 is 14.7 Å². The van der Waals surface area contributed by atoms with E-state index in [2.05, 4.69) is 20.6 Å². The second-order valence-corrected chi connectivity index (χ2v) is 4.57. The maximum Gasteiger partial charge on any atom is 0.303 e. The number of carbonyl (C=O) groups is 2. The fourth-order valence-corrected chi connectivity index (χ4v) is 1.77. The molecule has 0 aliphatic heterocycles. The number of para-hydroxylation sites is 1. The molecule has 0 fully saturated rings. The van der Waals surface area contributed by atoms with E-state index in [4.69, 9.17) is 5.11 Å². The number of benzene rings is 1. The number of anilines is 3. The van der Waals surface area contributed by atoms with Crippen molar-refractivity contribution in [2.45, 2.75) is 19.3 Å². The van der Waals surface area contributed by atoms with Crippen LogP contribution in [0.15, 0.2) is 42.7 Å². The van der Waals surface area contributed by atoms with Gasteiger partial charge in [0.2, 0.25) is 5.91 Å². The van der Waals surface area contributed by atoms with Gasteiger partial charge in [-0.2, -0.15) is 0 Å². The average molecular weight is 300 g/mol. The van der Waals surface area contributed by atoms with Crippen molar-refractivity contribution in [1.82, 2.24) is 9.97 Å². The molecule has 3 N–H and O–H groups in total. The number of amides is 1. The van der Waals surface area contributed by atoms with Crippen LogP contribution in [0.25, 0.3) is 0 Å². The van der Waals surface area contributed by atoms with Crippen molar-refractivity contribution >= 4 is 29.2 Å². The molecule has 0 atom stereocenters. The molecule has 1 heterocycles. The minimum absolute atomic E-state index is 0.0298. The smallest absolute Gasteiger partial charge is 0.303 e. The summed E-state index contributed by atoms with van der Waals surface area (Å²) < 4.78 is 0. The standard InChI is InChI=1S/C15H16N4O3/c20-14(7-4-8-15(21)22)19-13-9-12(16-10-17-13)18-11-5-2-1-3-6-11/h1-3,5-6,9-10H,4,7-8H2,(H,21,22)(H2,16,17,18,19,20). The third kappa shape index (κ3) is 5.20. The lowest BCUT2D eigenvalue weighted by Crippen LogP contribution is -2.13. The van der Waals surface area contributed by atoms with Crippen LogP contribution in [0.3, 0.4) is 0 Å². The van der Waals surface area contributed by atoms with Crippen LogP contribution in [-0.4, -0.2) is 27.0 Å². The van der Waals surface area contributed by atoms with Gasteiger partial charge in [0.25, 0.3) is 0 Å². The Labute approximate surface area is 127 Å². The van der Waals surface area contributed by atoms with Crippen molar-refractivity contribution in [3.8, 4) is 0 Å². The van der Waals surface area contributed by atoms with Gasteiger partial charge in [0.1, 0.15) is 18.0 Å². The van der Waals surface area contributed by atoms with Crippen molar-refractivity contribution in [2.24, 2.45) is 0 Å². The third-order valence-electron chi connectivity index (χ3n) is 2.78. The third-order valence-corrected chi connectivity index (χ3v) is 2.78. The highest BCUT2D eigenvalue weighted by Crippen LogP contribution is 2.15. The van der Waals surface area contributed by atoms with Crippen LogP contribution < -0.4 is 10.6 Å². The molecule has 1 aromatic carbocycles. The molecule has 22 heavy (non-hydrogen) atoms. The summed E-state index contributed by atoms with van der Waals surface area (Å²) in [5.41, 5.74) is 0.875. The molecule has 0 radical (unpaired) electrons. The molecule has 7 heteroatoms. The van der Waals surface area contributed by atoms with Gasteiger partial charge < -0.3 is 15.7 Å². The molecule has 7 nitrogen and oxygen atoms in total. The minimum Gasteiger partial charge on any atom is -0.481 e. The zero-order valence-electron chi connectivity index (χ0n) is 11.8. The van der Waals surface area contributed by atoms with E-state index in [1.54, 1.807) is 6.07 Å². The van der Waals surface area contributed by atoms with E-state index in [1.165, 1.54) is 6.33 Å². The van der Waals surface area contributed by atoms with E-state index < -0.39 is 5.97 Å². The SMILES string of the molecule is O=C(O)CCCC(=O)Nc1cc(Nc2ccccc2)ncn1. The second-order valence-electron chi connectivity index (χ2n) is 4.57. The first kappa shape index (κ1) is 15.4. The van der Waals surface area contributed by atoms with Gasteiger partial charge in [-0.25, -0.2) is 9.97 Å². The number of aliphatic carboxylic acids is 1. The van der Waals surface area contributed by atoms with Crippen LogP contribution in [0.4, 0.5) is 17.3 Å². The number of carboxylic acid groups (broad SMARTS) is 1. The highest BCUT2D eigenvalue weighted by molar-refractivity contribution is 5.90. The molecule has 1 amide bonds. The number of aromatic nitrogens is 2. The summed E-state index contributed by atoms with van der Waals surface area (Å²) in [5.74, 6) is -0.259. The molecule has 0 aliphatic rings. The summed E-state index contributed by atoms with van der Waals surface area (Å²) in [6, 6.07) is 11.1. The predicted octanol–water partition coefficient (Wildman–Crippen LogP) is 2.41. The van der Waals surface area contributed by atoms with E-state index in [-0.39, 0.29) is 18.7 Å². The fraction of sp³-hybridized carbons (Fsp3) is 0.200. The number of rotatable bonds is 7.